The lowest BCUT2D eigenvalue weighted by molar-refractivity contribution is -0.148. The number of hydrogen-bond donors (Lipinski definition) is 2. The molecule has 0 aliphatic heterocycles. The first-order valence-corrected chi connectivity index (χ1v) is 5.76. The minimum Gasteiger partial charge on any atom is -0.481 e. The van der Waals surface area contributed by atoms with Crippen molar-refractivity contribution in [2.75, 3.05) is 0 Å². The Morgan fingerprint density at radius 3 is 2.19 bits per heavy atom. The molecule has 1 aromatic rings. The Morgan fingerprint density at radius 1 is 1.19 bits per heavy atom. The van der Waals surface area contributed by atoms with E-state index in [1.807, 2.05) is 24.3 Å². The molecule has 0 saturated carbocycles. The Bertz CT molecular complexity index is 385. The molecule has 0 spiro atoms. The summed E-state index contributed by atoms with van der Waals surface area (Å²) in [6.45, 7) is 0. The van der Waals surface area contributed by atoms with Crippen LogP contribution in [0.2, 0.25) is 0 Å². The molecule has 1 rings (SSSR count). The Kier molecular flexibility index (Phi) is 4.72. The largest absolute Gasteiger partial charge is 0.481 e. The molecule has 86 valence electrons. The van der Waals surface area contributed by atoms with Gasteiger partial charge in [-0.25, -0.2) is 0 Å². The molecule has 0 aromatic heterocycles. The van der Waals surface area contributed by atoms with Crippen LogP contribution in [0, 0.1) is 9.49 Å². The summed E-state index contributed by atoms with van der Waals surface area (Å²) in [5.74, 6) is -3.02. The van der Waals surface area contributed by atoms with Gasteiger partial charge in [-0.05, 0) is 46.7 Å². The number of carboxylic acids is 2. The number of carbonyl (C=O) groups is 2. The maximum atomic E-state index is 10.8. The van der Waals surface area contributed by atoms with Crippen LogP contribution in [-0.4, -0.2) is 22.2 Å². The van der Waals surface area contributed by atoms with Gasteiger partial charge >= 0.3 is 11.9 Å². The standard InChI is InChI=1S/C11H11IO4/c12-9-3-1-7(2-4-9)5-8(11(15)16)6-10(13)14/h1-4,8H,5-6H2,(H,13,14)(H,15,16). The van der Waals surface area contributed by atoms with Gasteiger partial charge in [-0.15, -0.1) is 0 Å². The van der Waals surface area contributed by atoms with Gasteiger partial charge in [0, 0.05) is 3.57 Å². The van der Waals surface area contributed by atoms with E-state index in [1.54, 1.807) is 0 Å². The average Bonchev–Trinajstić information content (AvgIpc) is 2.19. The molecule has 0 aliphatic rings. The maximum absolute atomic E-state index is 10.8. The van der Waals surface area contributed by atoms with Crippen molar-refractivity contribution in [3.63, 3.8) is 0 Å². The molecule has 1 atom stereocenters. The third kappa shape index (κ3) is 4.18. The van der Waals surface area contributed by atoms with Gasteiger partial charge in [0.25, 0.3) is 0 Å². The predicted octanol–water partition coefficient (Wildman–Crippen LogP) is 2.01. The number of benzene rings is 1. The van der Waals surface area contributed by atoms with E-state index in [-0.39, 0.29) is 12.8 Å². The molecule has 0 fully saturated rings. The number of hydrogen-bond acceptors (Lipinski definition) is 2. The topological polar surface area (TPSA) is 74.6 Å². The summed E-state index contributed by atoms with van der Waals surface area (Å²) in [7, 11) is 0. The summed E-state index contributed by atoms with van der Waals surface area (Å²) < 4.78 is 1.06. The van der Waals surface area contributed by atoms with Crippen molar-refractivity contribution in [3.05, 3.63) is 33.4 Å². The van der Waals surface area contributed by atoms with E-state index in [0.29, 0.717) is 0 Å². The highest BCUT2D eigenvalue weighted by atomic mass is 127. The molecule has 0 radical (unpaired) electrons. The predicted molar refractivity (Wildman–Crippen MR) is 66.2 cm³/mol. The zero-order chi connectivity index (χ0) is 12.1. The third-order valence-corrected chi connectivity index (χ3v) is 2.88. The molecule has 16 heavy (non-hydrogen) atoms. The van der Waals surface area contributed by atoms with E-state index in [1.165, 1.54) is 0 Å². The lowest BCUT2D eigenvalue weighted by atomic mass is 9.96. The molecule has 0 aliphatic carbocycles. The molecule has 1 aromatic carbocycles. The first-order chi connectivity index (χ1) is 7.49. The van der Waals surface area contributed by atoms with Gasteiger partial charge < -0.3 is 10.2 Å². The van der Waals surface area contributed by atoms with Crippen LogP contribution in [0.1, 0.15) is 12.0 Å². The van der Waals surface area contributed by atoms with Crippen LogP contribution >= 0.6 is 22.6 Å². The van der Waals surface area contributed by atoms with Gasteiger partial charge in [-0.3, -0.25) is 9.59 Å². The highest BCUT2D eigenvalue weighted by Crippen LogP contribution is 2.14. The van der Waals surface area contributed by atoms with Crippen molar-refractivity contribution in [2.24, 2.45) is 5.92 Å². The fourth-order valence-corrected chi connectivity index (χ4v) is 1.72. The zero-order valence-corrected chi connectivity index (χ0v) is 10.5. The van der Waals surface area contributed by atoms with Gasteiger partial charge in [0.15, 0.2) is 0 Å². The van der Waals surface area contributed by atoms with Crippen LogP contribution in [0.15, 0.2) is 24.3 Å². The molecular weight excluding hydrogens is 323 g/mol. The van der Waals surface area contributed by atoms with Crippen LogP contribution in [0.4, 0.5) is 0 Å². The van der Waals surface area contributed by atoms with E-state index in [2.05, 4.69) is 22.6 Å². The van der Waals surface area contributed by atoms with Crippen molar-refractivity contribution in [1.29, 1.82) is 0 Å². The van der Waals surface area contributed by atoms with Crippen LogP contribution in [0.5, 0.6) is 0 Å². The quantitative estimate of drug-likeness (QED) is 0.808. The van der Waals surface area contributed by atoms with Crippen LogP contribution < -0.4 is 0 Å². The average molecular weight is 334 g/mol. The normalized spacial score (nSPS) is 12.1. The molecule has 0 saturated heterocycles. The van der Waals surface area contributed by atoms with Gasteiger partial charge in [0.1, 0.15) is 0 Å². The lowest BCUT2D eigenvalue weighted by Gasteiger charge is -2.09. The first-order valence-electron chi connectivity index (χ1n) is 4.68. The van der Waals surface area contributed by atoms with Gasteiger partial charge in [0.2, 0.25) is 0 Å². The third-order valence-electron chi connectivity index (χ3n) is 2.17. The smallest absolute Gasteiger partial charge is 0.307 e. The second-order valence-corrected chi connectivity index (χ2v) is 4.71. The zero-order valence-electron chi connectivity index (χ0n) is 8.39. The second kappa shape index (κ2) is 5.83. The molecule has 0 amide bonds. The van der Waals surface area contributed by atoms with E-state index >= 15 is 0 Å². The van der Waals surface area contributed by atoms with Gasteiger partial charge in [-0.2, -0.15) is 0 Å². The minimum absolute atomic E-state index is 0.249. The second-order valence-electron chi connectivity index (χ2n) is 3.46. The summed E-state index contributed by atoms with van der Waals surface area (Å²) in [5, 5.41) is 17.5. The summed E-state index contributed by atoms with van der Waals surface area (Å²) in [4.78, 5) is 21.3. The number of rotatable bonds is 5. The molecule has 1 unspecified atom stereocenters. The van der Waals surface area contributed by atoms with Crippen molar-refractivity contribution in [2.45, 2.75) is 12.8 Å². The molecular formula is C11H11IO4. The SMILES string of the molecule is O=C(O)CC(Cc1ccc(I)cc1)C(=O)O. The van der Waals surface area contributed by atoms with E-state index in [0.717, 1.165) is 9.13 Å². The molecule has 5 heteroatoms. The number of carboxylic acid groups (broad SMARTS) is 2. The summed E-state index contributed by atoms with van der Waals surface area (Å²) in [6, 6.07) is 7.38. The molecule has 0 heterocycles. The van der Waals surface area contributed by atoms with Crippen molar-refractivity contribution < 1.29 is 19.8 Å². The highest BCUT2D eigenvalue weighted by molar-refractivity contribution is 14.1. The van der Waals surface area contributed by atoms with Crippen LogP contribution in [-0.2, 0) is 16.0 Å². The highest BCUT2D eigenvalue weighted by Gasteiger charge is 2.21. The van der Waals surface area contributed by atoms with Crippen LogP contribution in [0.25, 0.3) is 0 Å². The van der Waals surface area contributed by atoms with Crippen LogP contribution in [0.3, 0.4) is 0 Å². The Balaban J connectivity index is 2.71. The maximum Gasteiger partial charge on any atom is 0.307 e. The van der Waals surface area contributed by atoms with Crippen molar-refractivity contribution in [3.8, 4) is 0 Å². The lowest BCUT2D eigenvalue weighted by Crippen LogP contribution is -2.20. The van der Waals surface area contributed by atoms with E-state index in [9.17, 15) is 9.59 Å². The van der Waals surface area contributed by atoms with Crippen molar-refractivity contribution >= 4 is 34.5 Å². The molecule has 0 bridgehead atoms. The van der Waals surface area contributed by atoms with Crippen molar-refractivity contribution in [1.82, 2.24) is 0 Å². The summed E-state index contributed by atoms with van der Waals surface area (Å²) >= 11 is 2.15. The minimum atomic E-state index is -1.09. The Labute approximate surface area is 106 Å². The van der Waals surface area contributed by atoms with Gasteiger partial charge in [0.05, 0.1) is 12.3 Å². The monoisotopic (exact) mass is 334 g/mol. The summed E-state index contributed by atoms with van der Waals surface area (Å²) in [6.07, 6.45) is -0.0973. The van der Waals surface area contributed by atoms with Gasteiger partial charge in [-0.1, -0.05) is 12.1 Å². The summed E-state index contributed by atoms with van der Waals surface area (Å²) in [5.41, 5.74) is 0.842. The van der Waals surface area contributed by atoms with E-state index < -0.39 is 17.9 Å². The molecule has 2 N–H and O–H groups in total. The fraction of sp³-hybridized carbons (Fsp3) is 0.273. The Morgan fingerprint density at radius 2 is 1.75 bits per heavy atom. The Hall–Kier alpha value is -1.11. The number of halogens is 1. The molecule has 4 nitrogen and oxygen atoms in total. The first kappa shape index (κ1) is 13.0. The fourth-order valence-electron chi connectivity index (χ4n) is 1.36. The number of aliphatic carboxylic acids is 2. The van der Waals surface area contributed by atoms with E-state index in [4.69, 9.17) is 10.2 Å².